The predicted octanol–water partition coefficient (Wildman–Crippen LogP) is 2.04. The van der Waals surface area contributed by atoms with Crippen LogP contribution in [0.15, 0.2) is 30.3 Å². The van der Waals surface area contributed by atoms with Gasteiger partial charge in [-0.1, -0.05) is 12.1 Å². The number of amides is 1. The number of hydrogen-bond acceptors (Lipinski definition) is 3. The standard InChI is InChI=1S/C16H24N2O2/c1-13(19)5-4-12-17-16(20)11-8-14-6-9-15(10-7-14)18(2)3/h6-11,13,19H,4-5,12H2,1-3H3,(H,17,20)/b11-8+. The normalized spacial score (nSPS) is 12.4. The quantitative estimate of drug-likeness (QED) is 0.592. The highest BCUT2D eigenvalue weighted by atomic mass is 16.3. The Labute approximate surface area is 121 Å². The molecule has 0 spiro atoms. The van der Waals surface area contributed by atoms with Crippen LogP contribution in [0.25, 0.3) is 6.08 Å². The molecule has 20 heavy (non-hydrogen) atoms. The van der Waals surface area contributed by atoms with E-state index >= 15 is 0 Å². The number of benzene rings is 1. The third-order valence-corrected chi connectivity index (χ3v) is 2.93. The average molecular weight is 276 g/mol. The molecule has 1 atom stereocenters. The average Bonchev–Trinajstić information content (AvgIpc) is 2.41. The van der Waals surface area contributed by atoms with Crippen LogP contribution in [0.2, 0.25) is 0 Å². The third-order valence-electron chi connectivity index (χ3n) is 2.93. The van der Waals surface area contributed by atoms with Gasteiger partial charge in [0.05, 0.1) is 6.10 Å². The molecule has 2 N–H and O–H groups in total. The monoisotopic (exact) mass is 276 g/mol. The Morgan fingerprint density at radius 3 is 2.55 bits per heavy atom. The molecular weight excluding hydrogens is 252 g/mol. The summed E-state index contributed by atoms with van der Waals surface area (Å²) in [6.07, 6.45) is 4.51. The van der Waals surface area contributed by atoms with E-state index in [9.17, 15) is 4.79 Å². The van der Waals surface area contributed by atoms with Crippen molar-refractivity contribution in [1.82, 2.24) is 5.32 Å². The van der Waals surface area contributed by atoms with Crippen LogP contribution in [-0.2, 0) is 4.79 Å². The van der Waals surface area contributed by atoms with E-state index in [1.807, 2.05) is 43.3 Å². The molecular formula is C16H24N2O2. The summed E-state index contributed by atoms with van der Waals surface area (Å²) in [4.78, 5) is 13.6. The zero-order valence-corrected chi connectivity index (χ0v) is 12.5. The third kappa shape index (κ3) is 6.38. The van der Waals surface area contributed by atoms with Crippen molar-refractivity contribution in [3.8, 4) is 0 Å². The topological polar surface area (TPSA) is 52.6 Å². The molecule has 0 saturated carbocycles. The first-order chi connectivity index (χ1) is 9.49. The molecule has 0 aromatic heterocycles. The van der Waals surface area contributed by atoms with Gasteiger partial charge in [-0.25, -0.2) is 0 Å². The highest BCUT2D eigenvalue weighted by molar-refractivity contribution is 5.91. The maximum absolute atomic E-state index is 11.6. The van der Waals surface area contributed by atoms with E-state index in [1.165, 1.54) is 6.08 Å². The van der Waals surface area contributed by atoms with Crippen molar-refractivity contribution in [2.45, 2.75) is 25.9 Å². The molecule has 110 valence electrons. The van der Waals surface area contributed by atoms with Gasteiger partial charge in [0.2, 0.25) is 5.91 Å². The Hall–Kier alpha value is -1.81. The molecule has 0 heterocycles. The van der Waals surface area contributed by atoms with E-state index in [0.29, 0.717) is 13.0 Å². The number of hydrogen-bond donors (Lipinski definition) is 2. The minimum atomic E-state index is -0.308. The first kappa shape index (κ1) is 16.2. The molecule has 1 unspecified atom stereocenters. The highest BCUT2D eigenvalue weighted by Gasteiger charge is 1.98. The summed E-state index contributed by atoms with van der Waals surface area (Å²) >= 11 is 0. The molecule has 1 amide bonds. The Balaban J connectivity index is 2.37. The minimum absolute atomic E-state index is 0.104. The molecule has 0 saturated heterocycles. The number of rotatable bonds is 7. The van der Waals surface area contributed by atoms with Gasteiger partial charge in [-0.3, -0.25) is 4.79 Å². The summed E-state index contributed by atoms with van der Waals surface area (Å²) in [6.45, 7) is 2.34. The second-order valence-electron chi connectivity index (χ2n) is 5.10. The molecule has 1 aromatic rings. The zero-order chi connectivity index (χ0) is 15.0. The number of carbonyl (C=O) groups is 1. The maximum atomic E-state index is 11.6. The van der Waals surface area contributed by atoms with Gasteiger partial charge in [0.1, 0.15) is 0 Å². The van der Waals surface area contributed by atoms with Gasteiger partial charge in [0, 0.05) is 32.4 Å². The number of aliphatic hydroxyl groups is 1. The van der Waals surface area contributed by atoms with E-state index < -0.39 is 0 Å². The summed E-state index contributed by atoms with van der Waals surface area (Å²) in [5.41, 5.74) is 2.12. The number of nitrogens with zero attached hydrogens (tertiary/aromatic N) is 1. The van der Waals surface area contributed by atoms with Crippen LogP contribution in [-0.4, -0.2) is 37.8 Å². The molecule has 0 fully saturated rings. The highest BCUT2D eigenvalue weighted by Crippen LogP contribution is 2.12. The molecule has 4 heteroatoms. The molecule has 0 radical (unpaired) electrons. The van der Waals surface area contributed by atoms with Gasteiger partial charge in [0.25, 0.3) is 0 Å². The lowest BCUT2D eigenvalue weighted by atomic mass is 10.2. The Morgan fingerprint density at radius 2 is 2.00 bits per heavy atom. The lowest BCUT2D eigenvalue weighted by molar-refractivity contribution is -0.116. The fraction of sp³-hybridized carbons (Fsp3) is 0.438. The van der Waals surface area contributed by atoms with Crippen molar-refractivity contribution in [3.63, 3.8) is 0 Å². The van der Waals surface area contributed by atoms with Gasteiger partial charge >= 0.3 is 0 Å². The second kappa shape index (κ2) is 8.38. The minimum Gasteiger partial charge on any atom is -0.393 e. The Morgan fingerprint density at radius 1 is 1.35 bits per heavy atom. The molecule has 4 nitrogen and oxygen atoms in total. The van der Waals surface area contributed by atoms with Crippen LogP contribution >= 0.6 is 0 Å². The van der Waals surface area contributed by atoms with Crippen molar-refractivity contribution < 1.29 is 9.90 Å². The van der Waals surface area contributed by atoms with Crippen LogP contribution in [0.5, 0.6) is 0 Å². The van der Waals surface area contributed by atoms with Crippen molar-refractivity contribution >= 4 is 17.7 Å². The van der Waals surface area contributed by atoms with Gasteiger partial charge < -0.3 is 15.3 Å². The van der Waals surface area contributed by atoms with E-state index in [4.69, 9.17) is 5.11 Å². The van der Waals surface area contributed by atoms with Crippen LogP contribution in [0.3, 0.4) is 0 Å². The predicted molar refractivity (Wildman–Crippen MR) is 83.7 cm³/mol. The van der Waals surface area contributed by atoms with E-state index in [0.717, 1.165) is 17.7 Å². The molecule has 1 rings (SSSR count). The lowest BCUT2D eigenvalue weighted by Gasteiger charge is -2.11. The lowest BCUT2D eigenvalue weighted by Crippen LogP contribution is -2.22. The first-order valence-corrected chi connectivity index (χ1v) is 6.90. The molecule has 0 aliphatic heterocycles. The zero-order valence-electron chi connectivity index (χ0n) is 12.5. The SMILES string of the molecule is CC(O)CCCNC(=O)/C=C/c1ccc(N(C)C)cc1. The van der Waals surface area contributed by atoms with Crippen molar-refractivity contribution in [2.75, 3.05) is 25.5 Å². The van der Waals surface area contributed by atoms with Crippen molar-refractivity contribution in [2.24, 2.45) is 0 Å². The van der Waals surface area contributed by atoms with Gasteiger partial charge in [-0.2, -0.15) is 0 Å². The molecule has 1 aromatic carbocycles. The van der Waals surface area contributed by atoms with Crippen LogP contribution in [0.1, 0.15) is 25.3 Å². The van der Waals surface area contributed by atoms with E-state index in [-0.39, 0.29) is 12.0 Å². The molecule has 0 bridgehead atoms. The number of aliphatic hydroxyl groups excluding tert-OH is 1. The first-order valence-electron chi connectivity index (χ1n) is 6.90. The summed E-state index contributed by atoms with van der Waals surface area (Å²) < 4.78 is 0. The van der Waals surface area contributed by atoms with E-state index in [1.54, 1.807) is 13.0 Å². The number of carbonyl (C=O) groups excluding carboxylic acids is 1. The van der Waals surface area contributed by atoms with Gasteiger partial charge in [-0.15, -0.1) is 0 Å². The van der Waals surface area contributed by atoms with Crippen LogP contribution in [0.4, 0.5) is 5.69 Å². The Bertz CT molecular complexity index is 436. The second-order valence-corrected chi connectivity index (χ2v) is 5.10. The summed E-state index contributed by atoms with van der Waals surface area (Å²) in [5.74, 6) is -0.104. The largest absolute Gasteiger partial charge is 0.393 e. The van der Waals surface area contributed by atoms with Crippen LogP contribution < -0.4 is 10.2 Å². The summed E-state index contributed by atoms with van der Waals surface area (Å²) in [5, 5.41) is 11.9. The van der Waals surface area contributed by atoms with Crippen molar-refractivity contribution in [1.29, 1.82) is 0 Å². The molecule has 0 aliphatic carbocycles. The fourth-order valence-electron chi connectivity index (χ4n) is 1.72. The number of anilines is 1. The van der Waals surface area contributed by atoms with E-state index in [2.05, 4.69) is 5.32 Å². The van der Waals surface area contributed by atoms with Crippen LogP contribution in [0, 0.1) is 0 Å². The summed E-state index contributed by atoms with van der Waals surface area (Å²) in [7, 11) is 3.98. The fourth-order valence-corrected chi connectivity index (χ4v) is 1.72. The molecule has 0 aliphatic rings. The van der Waals surface area contributed by atoms with Gasteiger partial charge in [-0.05, 0) is 43.5 Å². The maximum Gasteiger partial charge on any atom is 0.243 e. The summed E-state index contributed by atoms with van der Waals surface area (Å²) in [6, 6.07) is 7.99. The number of nitrogens with one attached hydrogen (secondary N) is 1. The Kier molecular flexibility index (Phi) is 6.81. The van der Waals surface area contributed by atoms with Gasteiger partial charge in [0.15, 0.2) is 0 Å². The smallest absolute Gasteiger partial charge is 0.243 e. The van der Waals surface area contributed by atoms with Crippen molar-refractivity contribution in [3.05, 3.63) is 35.9 Å².